The second-order valence-electron chi connectivity index (χ2n) is 6.16. The van der Waals surface area contributed by atoms with Crippen LogP contribution in [-0.2, 0) is 13.0 Å². The zero-order chi connectivity index (χ0) is 15.5. The molecular weight excluding hydrogens is 282 g/mol. The molecule has 3 heteroatoms. The van der Waals surface area contributed by atoms with Gasteiger partial charge in [-0.2, -0.15) is 0 Å². The standard InChI is InChI=1S/C20H21N3/c1-2-6-19-17(4-1)5-3-7-20(19)22-14-16-8-10-18(11-9-16)23-13-12-21-15-23/h1-2,4,6,8-13,15,20,22H,3,5,7,14H2. The van der Waals surface area contributed by atoms with E-state index in [4.69, 9.17) is 0 Å². The van der Waals surface area contributed by atoms with E-state index in [1.54, 1.807) is 6.20 Å². The molecule has 1 aliphatic carbocycles. The molecule has 1 atom stereocenters. The van der Waals surface area contributed by atoms with Gasteiger partial charge in [0.25, 0.3) is 0 Å². The Kier molecular flexibility index (Phi) is 3.95. The van der Waals surface area contributed by atoms with Crippen molar-refractivity contribution in [1.82, 2.24) is 14.9 Å². The monoisotopic (exact) mass is 303 g/mol. The van der Waals surface area contributed by atoms with Gasteiger partial charge in [-0.15, -0.1) is 0 Å². The van der Waals surface area contributed by atoms with Crippen molar-refractivity contribution in [3.63, 3.8) is 0 Å². The first-order chi connectivity index (χ1) is 11.4. The summed E-state index contributed by atoms with van der Waals surface area (Å²) in [7, 11) is 0. The molecule has 3 aromatic rings. The quantitative estimate of drug-likeness (QED) is 0.788. The van der Waals surface area contributed by atoms with E-state index < -0.39 is 0 Å². The van der Waals surface area contributed by atoms with Crippen LogP contribution in [0.15, 0.2) is 67.3 Å². The van der Waals surface area contributed by atoms with Gasteiger partial charge in [0, 0.05) is 30.7 Å². The minimum Gasteiger partial charge on any atom is -0.306 e. The summed E-state index contributed by atoms with van der Waals surface area (Å²) < 4.78 is 2.02. The maximum atomic E-state index is 4.09. The van der Waals surface area contributed by atoms with Crippen molar-refractivity contribution < 1.29 is 0 Å². The van der Waals surface area contributed by atoms with Crippen LogP contribution in [0.1, 0.15) is 35.6 Å². The van der Waals surface area contributed by atoms with Crippen LogP contribution in [0.2, 0.25) is 0 Å². The zero-order valence-electron chi connectivity index (χ0n) is 13.2. The SMILES string of the molecule is c1ccc2c(c1)CCCC2NCc1ccc(-n2ccnc2)cc1. The summed E-state index contributed by atoms with van der Waals surface area (Å²) >= 11 is 0. The van der Waals surface area contributed by atoms with E-state index in [0.29, 0.717) is 6.04 Å². The molecule has 0 aliphatic heterocycles. The fourth-order valence-corrected chi connectivity index (χ4v) is 3.40. The van der Waals surface area contributed by atoms with E-state index in [1.807, 2.05) is 17.1 Å². The molecule has 1 N–H and O–H groups in total. The third-order valence-corrected chi connectivity index (χ3v) is 4.66. The molecule has 2 aromatic carbocycles. The number of nitrogens with one attached hydrogen (secondary N) is 1. The van der Waals surface area contributed by atoms with E-state index in [0.717, 1.165) is 12.2 Å². The molecule has 1 aromatic heterocycles. The third kappa shape index (κ3) is 3.06. The third-order valence-electron chi connectivity index (χ3n) is 4.66. The van der Waals surface area contributed by atoms with Crippen LogP contribution >= 0.6 is 0 Å². The number of nitrogens with zero attached hydrogens (tertiary/aromatic N) is 2. The Labute approximate surface area is 137 Å². The highest BCUT2D eigenvalue weighted by atomic mass is 15.0. The minimum absolute atomic E-state index is 0.480. The van der Waals surface area contributed by atoms with Gasteiger partial charge >= 0.3 is 0 Å². The Morgan fingerprint density at radius 1 is 1.09 bits per heavy atom. The highest BCUT2D eigenvalue weighted by Gasteiger charge is 2.18. The first-order valence-electron chi connectivity index (χ1n) is 8.28. The van der Waals surface area contributed by atoms with Crippen molar-refractivity contribution in [3.05, 3.63) is 83.9 Å². The lowest BCUT2D eigenvalue weighted by Gasteiger charge is -2.26. The lowest BCUT2D eigenvalue weighted by molar-refractivity contribution is 0.459. The first kappa shape index (κ1) is 14.2. The molecule has 23 heavy (non-hydrogen) atoms. The van der Waals surface area contributed by atoms with Crippen molar-refractivity contribution >= 4 is 0 Å². The summed E-state index contributed by atoms with van der Waals surface area (Å²) in [6, 6.07) is 18.0. The second kappa shape index (κ2) is 6.39. The van der Waals surface area contributed by atoms with Crippen molar-refractivity contribution in [3.8, 4) is 5.69 Å². The predicted molar refractivity (Wildman–Crippen MR) is 92.5 cm³/mol. The van der Waals surface area contributed by atoms with Gasteiger partial charge < -0.3 is 9.88 Å². The topological polar surface area (TPSA) is 29.9 Å². The fourth-order valence-electron chi connectivity index (χ4n) is 3.40. The van der Waals surface area contributed by atoms with Crippen LogP contribution in [-0.4, -0.2) is 9.55 Å². The van der Waals surface area contributed by atoms with Crippen LogP contribution < -0.4 is 5.32 Å². The number of hydrogen-bond acceptors (Lipinski definition) is 2. The molecule has 1 heterocycles. The average molecular weight is 303 g/mol. The summed E-state index contributed by atoms with van der Waals surface area (Å²) in [6.07, 6.45) is 9.31. The Balaban J connectivity index is 1.44. The van der Waals surface area contributed by atoms with E-state index in [9.17, 15) is 0 Å². The van der Waals surface area contributed by atoms with Crippen LogP contribution in [0.25, 0.3) is 5.69 Å². The van der Waals surface area contributed by atoms with Gasteiger partial charge in [-0.05, 0) is 48.1 Å². The van der Waals surface area contributed by atoms with Gasteiger partial charge in [0.2, 0.25) is 0 Å². The van der Waals surface area contributed by atoms with Gasteiger partial charge in [-0.25, -0.2) is 4.98 Å². The fraction of sp³-hybridized carbons (Fsp3) is 0.250. The van der Waals surface area contributed by atoms with Gasteiger partial charge in [-0.3, -0.25) is 0 Å². The molecule has 0 fully saturated rings. The number of imidazole rings is 1. The minimum atomic E-state index is 0.480. The molecule has 1 aliphatic rings. The van der Waals surface area contributed by atoms with Gasteiger partial charge in [0.1, 0.15) is 0 Å². The van der Waals surface area contributed by atoms with Crippen LogP contribution in [0.4, 0.5) is 0 Å². The smallest absolute Gasteiger partial charge is 0.0991 e. The number of benzene rings is 2. The summed E-state index contributed by atoms with van der Waals surface area (Å²) in [5, 5.41) is 3.73. The van der Waals surface area contributed by atoms with Gasteiger partial charge in [0.15, 0.2) is 0 Å². The Hall–Kier alpha value is -2.39. The molecule has 0 amide bonds. The van der Waals surface area contributed by atoms with Crippen molar-refractivity contribution in [2.24, 2.45) is 0 Å². The Morgan fingerprint density at radius 3 is 2.78 bits per heavy atom. The second-order valence-corrected chi connectivity index (χ2v) is 6.16. The van der Waals surface area contributed by atoms with Crippen molar-refractivity contribution in [1.29, 1.82) is 0 Å². The number of aryl methyl sites for hydroxylation is 1. The lowest BCUT2D eigenvalue weighted by Crippen LogP contribution is -2.24. The molecule has 116 valence electrons. The maximum absolute atomic E-state index is 4.09. The summed E-state index contributed by atoms with van der Waals surface area (Å²) in [6.45, 7) is 0.906. The highest BCUT2D eigenvalue weighted by Crippen LogP contribution is 2.29. The number of aromatic nitrogens is 2. The summed E-state index contributed by atoms with van der Waals surface area (Å²) in [5.74, 6) is 0. The first-order valence-corrected chi connectivity index (χ1v) is 8.28. The maximum Gasteiger partial charge on any atom is 0.0991 e. The van der Waals surface area contributed by atoms with Crippen LogP contribution in [0, 0.1) is 0 Å². The predicted octanol–water partition coefficient (Wildman–Crippen LogP) is 4.04. The number of fused-ring (bicyclic) bond motifs is 1. The zero-order valence-corrected chi connectivity index (χ0v) is 13.2. The highest BCUT2D eigenvalue weighted by molar-refractivity contribution is 5.35. The average Bonchev–Trinajstić information content (AvgIpc) is 3.15. The molecule has 3 nitrogen and oxygen atoms in total. The molecule has 0 saturated heterocycles. The van der Waals surface area contributed by atoms with E-state index in [1.165, 1.54) is 36.0 Å². The lowest BCUT2D eigenvalue weighted by atomic mass is 9.87. The molecular formula is C20H21N3. The Morgan fingerprint density at radius 2 is 1.96 bits per heavy atom. The molecule has 0 saturated carbocycles. The summed E-state index contributed by atoms with van der Waals surface area (Å²) in [5.41, 5.74) is 5.45. The molecule has 0 spiro atoms. The Bertz CT molecular complexity index is 760. The van der Waals surface area contributed by atoms with Crippen molar-refractivity contribution in [2.75, 3.05) is 0 Å². The molecule has 0 radical (unpaired) electrons. The van der Waals surface area contributed by atoms with Gasteiger partial charge in [0.05, 0.1) is 6.33 Å². The van der Waals surface area contributed by atoms with Crippen LogP contribution in [0.5, 0.6) is 0 Å². The normalized spacial score (nSPS) is 17.0. The van der Waals surface area contributed by atoms with Crippen LogP contribution in [0.3, 0.4) is 0 Å². The van der Waals surface area contributed by atoms with Crippen molar-refractivity contribution in [2.45, 2.75) is 31.8 Å². The summed E-state index contributed by atoms with van der Waals surface area (Å²) in [4.78, 5) is 4.09. The molecule has 0 bridgehead atoms. The van der Waals surface area contributed by atoms with E-state index >= 15 is 0 Å². The van der Waals surface area contributed by atoms with E-state index in [-0.39, 0.29) is 0 Å². The number of rotatable bonds is 4. The molecule has 4 rings (SSSR count). The molecule has 1 unspecified atom stereocenters. The number of hydrogen-bond donors (Lipinski definition) is 1. The van der Waals surface area contributed by atoms with Gasteiger partial charge in [-0.1, -0.05) is 36.4 Å². The largest absolute Gasteiger partial charge is 0.306 e. The van der Waals surface area contributed by atoms with E-state index in [2.05, 4.69) is 58.8 Å².